The van der Waals surface area contributed by atoms with Crippen LogP contribution >= 0.6 is 0 Å². The van der Waals surface area contributed by atoms with Crippen molar-refractivity contribution in [2.75, 3.05) is 26.8 Å². The van der Waals surface area contributed by atoms with Crippen LogP contribution < -0.4 is 5.32 Å². The Morgan fingerprint density at radius 3 is 3.13 bits per heavy atom. The fourth-order valence-corrected chi connectivity index (χ4v) is 1.19. The zero-order valence-corrected chi connectivity index (χ0v) is 9.44. The van der Waals surface area contributed by atoms with Crippen LogP contribution in [0.25, 0.3) is 6.08 Å². The number of nitrogens with zero attached hydrogens (tertiary/aromatic N) is 2. The molecule has 15 heavy (non-hydrogen) atoms. The summed E-state index contributed by atoms with van der Waals surface area (Å²) in [6.45, 7) is 5.49. The molecule has 0 aliphatic heterocycles. The van der Waals surface area contributed by atoms with E-state index in [0.29, 0.717) is 0 Å². The normalized spacial score (nSPS) is 11.3. The van der Waals surface area contributed by atoms with Gasteiger partial charge in [0.05, 0.1) is 12.8 Å². The number of aryl methyl sites for hydroxylation is 1. The van der Waals surface area contributed by atoms with Gasteiger partial charge in [0.15, 0.2) is 0 Å². The molecule has 4 nitrogen and oxygen atoms in total. The first kappa shape index (κ1) is 11.9. The lowest BCUT2D eigenvalue weighted by atomic mass is 10.3. The standard InChI is InChI=1S/C11H19N3O/c1-3-14-10-11(9-13-14)5-4-6-12-7-8-15-2/h4-5,9-10,12H,3,6-8H2,1-2H3/b5-4+. The van der Waals surface area contributed by atoms with Crippen molar-refractivity contribution in [3.05, 3.63) is 24.0 Å². The highest BCUT2D eigenvalue weighted by molar-refractivity contribution is 5.46. The van der Waals surface area contributed by atoms with Crippen LogP contribution in [0.2, 0.25) is 0 Å². The van der Waals surface area contributed by atoms with Crippen molar-refractivity contribution in [3.63, 3.8) is 0 Å². The van der Waals surface area contributed by atoms with Gasteiger partial charge in [-0.15, -0.1) is 0 Å². The molecule has 0 fully saturated rings. The molecule has 0 aliphatic carbocycles. The molecular weight excluding hydrogens is 190 g/mol. The van der Waals surface area contributed by atoms with Crippen LogP contribution in [0.4, 0.5) is 0 Å². The van der Waals surface area contributed by atoms with E-state index in [1.54, 1.807) is 7.11 Å². The van der Waals surface area contributed by atoms with E-state index >= 15 is 0 Å². The third kappa shape index (κ3) is 4.76. The van der Waals surface area contributed by atoms with Crippen molar-refractivity contribution in [1.29, 1.82) is 0 Å². The zero-order chi connectivity index (χ0) is 10.9. The molecule has 1 N–H and O–H groups in total. The number of rotatable bonds is 7. The Bertz CT molecular complexity index is 294. The van der Waals surface area contributed by atoms with Crippen LogP contribution in [0, 0.1) is 0 Å². The third-order valence-electron chi connectivity index (χ3n) is 2.03. The van der Waals surface area contributed by atoms with Gasteiger partial charge in [-0.3, -0.25) is 4.68 Å². The van der Waals surface area contributed by atoms with Gasteiger partial charge >= 0.3 is 0 Å². The van der Waals surface area contributed by atoms with Gasteiger partial charge in [0.1, 0.15) is 0 Å². The number of hydrogen-bond donors (Lipinski definition) is 1. The Morgan fingerprint density at radius 1 is 1.60 bits per heavy atom. The van der Waals surface area contributed by atoms with Gasteiger partial charge in [0, 0.05) is 38.5 Å². The van der Waals surface area contributed by atoms with Crippen molar-refractivity contribution in [2.24, 2.45) is 0 Å². The second-order valence-electron chi connectivity index (χ2n) is 3.23. The van der Waals surface area contributed by atoms with E-state index in [9.17, 15) is 0 Å². The third-order valence-corrected chi connectivity index (χ3v) is 2.03. The molecule has 0 bridgehead atoms. The lowest BCUT2D eigenvalue weighted by Crippen LogP contribution is -2.18. The molecule has 0 saturated heterocycles. The Morgan fingerprint density at radius 2 is 2.47 bits per heavy atom. The van der Waals surface area contributed by atoms with Gasteiger partial charge in [0.25, 0.3) is 0 Å². The molecular formula is C11H19N3O. The van der Waals surface area contributed by atoms with Gasteiger partial charge in [0.2, 0.25) is 0 Å². The van der Waals surface area contributed by atoms with E-state index in [0.717, 1.165) is 31.8 Å². The zero-order valence-electron chi connectivity index (χ0n) is 9.44. The van der Waals surface area contributed by atoms with Crippen LogP contribution in [0.15, 0.2) is 18.5 Å². The highest BCUT2D eigenvalue weighted by Crippen LogP contribution is 1.99. The summed E-state index contributed by atoms with van der Waals surface area (Å²) in [6, 6.07) is 0. The molecule has 1 rings (SSSR count). The monoisotopic (exact) mass is 209 g/mol. The van der Waals surface area contributed by atoms with E-state index in [-0.39, 0.29) is 0 Å². The van der Waals surface area contributed by atoms with E-state index < -0.39 is 0 Å². The average Bonchev–Trinajstić information content (AvgIpc) is 2.71. The number of hydrogen-bond acceptors (Lipinski definition) is 3. The summed E-state index contributed by atoms with van der Waals surface area (Å²) >= 11 is 0. The summed E-state index contributed by atoms with van der Waals surface area (Å²) < 4.78 is 6.84. The quantitative estimate of drug-likeness (QED) is 0.685. The molecule has 0 aliphatic rings. The Kier molecular flexibility index (Phi) is 5.73. The molecule has 0 unspecified atom stereocenters. The van der Waals surface area contributed by atoms with Gasteiger partial charge < -0.3 is 10.1 Å². The summed E-state index contributed by atoms with van der Waals surface area (Å²) in [6.07, 6.45) is 8.06. The second kappa shape index (κ2) is 7.20. The topological polar surface area (TPSA) is 39.1 Å². The van der Waals surface area contributed by atoms with Crippen LogP contribution in [0.1, 0.15) is 12.5 Å². The highest BCUT2D eigenvalue weighted by Gasteiger charge is 1.91. The predicted molar refractivity (Wildman–Crippen MR) is 61.7 cm³/mol. The first-order valence-electron chi connectivity index (χ1n) is 5.25. The fourth-order valence-electron chi connectivity index (χ4n) is 1.19. The summed E-state index contributed by atoms with van der Waals surface area (Å²) in [4.78, 5) is 0. The van der Waals surface area contributed by atoms with Crippen molar-refractivity contribution >= 4 is 6.08 Å². The Balaban J connectivity index is 2.19. The molecule has 0 aromatic carbocycles. The molecule has 1 heterocycles. The first-order valence-corrected chi connectivity index (χ1v) is 5.25. The number of aromatic nitrogens is 2. The lowest BCUT2D eigenvalue weighted by molar-refractivity contribution is 0.200. The molecule has 4 heteroatoms. The molecule has 0 saturated carbocycles. The molecule has 0 spiro atoms. The molecule has 0 atom stereocenters. The average molecular weight is 209 g/mol. The first-order chi connectivity index (χ1) is 7.36. The second-order valence-corrected chi connectivity index (χ2v) is 3.23. The lowest BCUT2D eigenvalue weighted by Gasteiger charge is -1.98. The van der Waals surface area contributed by atoms with Crippen LogP contribution in [-0.2, 0) is 11.3 Å². The molecule has 1 aromatic rings. The van der Waals surface area contributed by atoms with Crippen molar-refractivity contribution in [3.8, 4) is 0 Å². The SMILES string of the molecule is CCn1cc(/C=C/CNCCOC)cn1. The van der Waals surface area contributed by atoms with E-state index in [1.165, 1.54) is 0 Å². The predicted octanol–water partition coefficient (Wildman–Crippen LogP) is 1.15. The molecule has 1 aromatic heterocycles. The smallest absolute Gasteiger partial charge is 0.0587 e. The van der Waals surface area contributed by atoms with Crippen molar-refractivity contribution in [2.45, 2.75) is 13.5 Å². The molecule has 0 amide bonds. The maximum atomic E-state index is 4.92. The molecule has 84 valence electrons. The van der Waals surface area contributed by atoms with Gasteiger partial charge in [-0.25, -0.2) is 0 Å². The fraction of sp³-hybridized carbons (Fsp3) is 0.545. The minimum atomic E-state index is 0.752. The summed E-state index contributed by atoms with van der Waals surface area (Å²) in [7, 11) is 1.71. The summed E-state index contributed by atoms with van der Waals surface area (Å²) in [5.74, 6) is 0. The van der Waals surface area contributed by atoms with Gasteiger partial charge in [-0.2, -0.15) is 5.10 Å². The van der Waals surface area contributed by atoms with Crippen molar-refractivity contribution < 1.29 is 4.74 Å². The molecule has 0 radical (unpaired) electrons. The number of nitrogens with one attached hydrogen (secondary N) is 1. The van der Waals surface area contributed by atoms with Gasteiger partial charge in [-0.05, 0) is 6.92 Å². The minimum absolute atomic E-state index is 0.752. The Labute approximate surface area is 90.9 Å². The van der Waals surface area contributed by atoms with Crippen LogP contribution in [-0.4, -0.2) is 36.6 Å². The summed E-state index contributed by atoms with van der Waals surface area (Å²) in [5, 5.41) is 7.43. The van der Waals surface area contributed by atoms with E-state index in [1.807, 2.05) is 17.1 Å². The summed E-state index contributed by atoms with van der Waals surface area (Å²) in [5.41, 5.74) is 1.14. The van der Waals surface area contributed by atoms with E-state index in [2.05, 4.69) is 29.5 Å². The minimum Gasteiger partial charge on any atom is -0.383 e. The maximum absolute atomic E-state index is 4.92. The highest BCUT2D eigenvalue weighted by atomic mass is 16.5. The van der Waals surface area contributed by atoms with Crippen molar-refractivity contribution in [1.82, 2.24) is 15.1 Å². The van der Waals surface area contributed by atoms with E-state index in [4.69, 9.17) is 4.74 Å². The van der Waals surface area contributed by atoms with Gasteiger partial charge in [-0.1, -0.05) is 12.2 Å². The van der Waals surface area contributed by atoms with Crippen LogP contribution in [0.5, 0.6) is 0 Å². The Hall–Kier alpha value is -1.13. The number of methoxy groups -OCH3 is 1. The van der Waals surface area contributed by atoms with Crippen LogP contribution in [0.3, 0.4) is 0 Å². The maximum Gasteiger partial charge on any atom is 0.0587 e. The number of ether oxygens (including phenoxy) is 1. The largest absolute Gasteiger partial charge is 0.383 e.